The number of tetrazole rings is 1. The van der Waals surface area contributed by atoms with Crippen molar-refractivity contribution >= 4 is 22.2 Å². The third kappa shape index (κ3) is 4.45. The summed E-state index contributed by atoms with van der Waals surface area (Å²) in [5, 5.41) is 8.39. The zero-order valence-corrected chi connectivity index (χ0v) is 18.9. The van der Waals surface area contributed by atoms with Crippen molar-refractivity contribution in [2.75, 3.05) is 26.2 Å². The normalized spacial score (nSPS) is 16.0. The van der Waals surface area contributed by atoms with E-state index in [4.69, 9.17) is 12.2 Å². The minimum Gasteiger partial charge on any atom is -0.282 e. The molecule has 164 valence electrons. The summed E-state index contributed by atoms with van der Waals surface area (Å²) < 4.78 is 44.1. The fraction of sp³-hybridized carbons (Fsp3) is 0.350. The molecule has 2 heterocycles. The highest BCUT2D eigenvalue weighted by molar-refractivity contribution is 7.89. The third-order valence-corrected chi connectivity index (χ3v) is 7.60. The molecule has 1 aliphatic heterocycles. The number of benzene rings is 2. The van der Waals surface area contributed by atoms with Gasteiger partial charge in [-0.3, -0.25) is 4.90 Å². The lowest BCUT2D eigenvalue weighted by atomic mass is 10.1. The lowest BCUT2D eigenvalue weighted by molar-refractivity contribution is 0.143. The van der Waals surface area contributed by atoms with Crippen LogP contribution >= 0.6 is 12.2 Å². The molecular formula is C20H23FN6O2S2. The predicted molar refractivity (Wildman–Crippen MR) is 116 cm³/mol. The van der Waals surface area contributed by atoms with Gasteiger partial charge in [0.1, 0.15) is 5.82 Å². The van der Waals surface area contributed by atoms with Gasteiger partial charge in [0.25, 0.3) is 0 Å². The van der Waals surface area contributed by atoms with E-state index >= 15 is 0 Å². The summed E-state index contributed by atoms with van der Waals surface area (Å²) in [4.78, 5) is 2.04. The van der Waals surface area contributed by atoms with Crippen molar-refractivity contribution in [2.24, 2.45) is 0 Å². The van der Waals surface area contributed by atoms with Gasteiger partial charge >= 0.3 is 0 Å². The number of piperazine rings is 1. The Morgan fingerprint density at radius 1 is 1.03 bits per heavy atom. The second-order valence-electron chi connectivity index (χ2n) is 7.58. The summed E-state index contributed by atoms with van der Waals surface area (Å²) in [6, 6.07) is 11.1. The first kappa shape index (κ1) is 21.8. The van der Waals surface area contributed by atoms with Crippen LogP contribution in [0.25, 0.3) is 5.69 Å². The first-order valence-electron chi connectivity index (χ1n) is 9.84. The van der Waals surface area contributed by atoms with Gasteiger partial charge in [0.05, 0.1) is 17.3 Å². The van der Waals surface area contributed by atoms with E-state index in [1.165, 1.54) is 22.5 Å². The Kier molecular flexibility index (Phi) is 6.02. The highest BCUT2D eigenvalue weighted by Gasteiger charge is 2.29. The van der Waals surface area contributed by atoms with E-state index < -0.39 is 15.8 Å². The van der Waals surface area contributed by atoms with Crippen molar-refractivity contribution in [2.45, 2.75) is 25.4 Å². The topological polar surface area (TPSA) is 76.3 Å². The Morgan fingerprint density at radius 3 is 2.45 bits per heavy atom. The van der Waals surface area contributed by atoms with Gasteiger partial charge in [0.2, 0.25) is 14.8 Å². The minimum atomic E-state index is -3.72. The van der Waals surface area contributed by atoms with Crippen LogP contribution in [0, 0.1) is 24.4 Å². The Bertz CT molecular complexity index is 1260. The molecule has 2 aromatic carbocycles. The van der Waals surface area contributed by atoms with E-state index in [2.05, 4.69) is 21.4 Å². The molecule has 1 saturated heterocycles. The zero-order valence-electron chi connectivity index (χ0n) is 17.3. The number of sulfonamides is 1. The Labute approximate surface area is 185 Å². The molecular weight excluding hydrogens is 439 g/mol. The Morgan fingerprint density at radius 2 is 1.77 bits per heavy atom. The molecule has 0 aliphatic carbocycles. The first-order valence-corrected chi connectivity index (χ1v) is 11.7. The average molecular weight is 463 g/mol. The maximum Gasteiger partial charge on any atom is 0.243 e. The number of aryl methyl sites for hydroxylation is 2. The van der Waals surface area contributed by atoms with Gasteiger partial charge in [0.15, 0.2) is 0 Å². The quantitative estimate of drug-likeness (QED) is 0.543. The summed E-state index contributed by atoms with van der Waals surface area (Å²) in [6.07, 6.45) is 0. The van der Waals surface area contributed by atoms with E-state index in [1.54, 1.807) is 9.36 Å². The Balaban J connectivity index is 1.44. The second-order valence-corrected chi connectivity index (χ2v) is 9.89. The Hall–Kier alpha value is -2.47. The maximum atomic E-state index is 13.5. The molecule has 31 heavy (non-hydrogen) atoms. The van der Waals surface area contributed by atoms with Crippen LogP contribution in [0.1, 0.15) is 11.1 Å². The molecule has 0 spiro atoms. The summed E-state index contributed by atoms with van der Waals surface area (Å²) in [7, 11) is -3.72. The standard InChI is InChI=1S/C20H23FN6O2S2/c1-15-6-7-19(16(2)12-15)27-20(30)26(22-23-27)14-24-8-10-25(11-9-24)31(28,29)18-5-3-4-17(21)13-18/h3-7,12-13H,8-11,14H2,1-2H3. The number of aromatic nitrogens is 4. The maximum absolute atomic E-state index is 13.5. The van der Waals surface area contributed by atoms with Crippen LogP contribution in [0.5, 0.6) is 0 Å². The molecule has 8 nitrogen and oxygen atoms in total. The van der Waals surface area contributed by atoms with Crippen molar-refractivity contribution in [3.8, 4) is 5.69 Å². The molecule has 1 aromatic heterocycles. The van der Waals surface area contributed by atoms with Crippen LogP contribution in [-0.4, -0.2) is 63.6 Å². The third-order valence-electron chi connectivity index (χ3n) is 5.32. The van der Waals surface area contributed by atoms with E-state index in [9.17, 15) is 12.8 Å². The number of halogens is 1. The summed E-state index contributed by atoms with van der Waals surface area (Å²) >= 11 is 5.56. The van der Waals surface area contributed by atoms with Crippen LogP contribution in [0.2, 0.25) is 0 Å². The minimum absolute atomic E-state index is 0.0282. The molecule has 1 aliphatic rings. The average Bonchev–Trinajstić information content (AvgIpc) is 3.08. The molecule has 0 saturated carbocycles. The molecule has 0 amide bonds. The lowest BCUT2D eigenvalue weighted by Crippen LogP contribution is -2.48. The van der Waals surface area contributed by atoms with Crippen LogP contribution < -0.4 is 0 Å². The van der Waals surface area contributed by atoms with Gasteiger partial charge in [-0.05, 0) is 66.3 Å². The van der Waals surface area contributed by atoms with Crippen LogP contribution in [0.3, 0.4) is 0 Å². The van der Waals surface area contributed by atoms with Crippen molar-refractivity contribution < 1.29 is 12.8 Å². The molecule has 0 bridgehead atoms. The van der Waals surface area contributed by atoms with Gasteiger partial charge in [-0.1, -0.05) is 23.8 Å². The molecule has 0 atom stereocenters. The van der Waals surface area contributed by atoms with Crippen molar-refractivity contribution in [1.82, 2.24) is 29.0 Å². The molecule has 0 radical (unpaired) electrons. The second kappa shape index (κ2) is 8.58. The van der Waals surface area contributed by atoms with Gasteiger partial charge in [-0.2, -0.15) is 8.99 Å². The first-order chi connectivity index (χ1) is 14.8. The van der Waals surface area contributed by atoms with Gasteiger partial charge in [-0.15, -0.1) is 0 Å². The smallest absolute Gasteiger partial charge is 0.243 e. The van der Waals surface area contributed by atoms with Crippen LogP contribution in [0.4, 0.5) is 4.39 Å². The largest absolute Gasteiger partial charge is 0.282 e. The van der Waals surface area contributed by atoms with Gasteiger partial charge < -0.3 is 0 Å². The fourth-order valence-electron chi connectivity index (χ4n) is 3.63. The lowest BCUT2D eigenvalue weighted by Gasteiger charge is -2.33. The molecule has 11 heteroatoms. The monoisotopic (exact) mass is 462 g/mol. The highest BCUT2D eigenvalue weighted by atomic mass is 32.2. The molecule has 0 N–H and O–H groups in total. The predicted octanol–water partition coefficient (Wildman–Crippen LogP) is 2.52. The number of rotatable bonds is 5. The summed E-state index contributed by atoms with van der Waals surface area (Å²) in [5.41, 5.74) is 3.10. The molecule has 3 aromatic rings. The van der Waals surface area contributed by atoms with E-state index in [0.29, 0.717) is 37.6 Å². The van der Waals surface area contributed by atoms with Crippen molar-refractivity contribution in [3.63, 3.8) is 0 Å². The number of hydrogen-bond acceptors (Lipinski definition) is 6. The molecule has 4 rings (SSSR count). The number of hydrogen-bond donors (Lipinski definition) is 0. The highest BCUT2D eigenvalue weighted by Crippen LogP contribution is 2.19. The zero-order chi connectivity index (χ0) is 22.2. The van der Waals surface area contributed by atoms with E-state index in [0.717, 1.165) is 22.9 Å². The van der Waals surface area contributed by atoms with E-state index in [1.807, 2.05) is 26.0 Å². The number of nitrogens with zero attached hydrogens (tertiary/aromatic N) is 6. The van der Waals surface area contributed by atoms with Crippen LogP contribution in [-0.2, 0) is 16.7 Å². The van der Waals surface area contributed by atoms with Gasteiger partial charge in [0, 0.05) is 26.2 Å². The summed E-state index contributed by atoms with van der Waals surface area (Å²) in [5.74, 6) is -0.569. The SMILES string of the molecule is Cc1ccc(-n2nnn(CN3CCN(S(=O)(=O)c4cccc(F)c4)CC3)c2=S)c(C)c1. The van der Waals surface area contributed by atoms with Crippen molar-refractivity contribution in [1.29, 1.82) is 0 Å². The van der Waals surface area contributed by atoms with E-state index in [-0.39, 0.29) is 4.90 Å². The van der Waals surface area contributed by atoms with Crippen LogP contribution in [0.15, 0.2) is 47.4 Å². The molecule has 0 unspecified atom stereocenters. The van der Waals surface area contributed by atoms with Crippen molar-refractivity contribution in [3.05, 3.63) is 64.2 Å². The fourth-order valence-corrected chi connectivity index (χ4v) is 5.32. The molecule has 1 fully saturated rings. The summed E-state index contributed by atoms with van der Waals surface area (Å²) in [6.45, 7) is 6.06. The van der Waals surface area contributed by atoms with Gasteiger partial charge in [-0.25, -0.2) is 17.5 Å².